The molecule has 0 saturated carbocycles. The summed E-state index contributed by atoms with van der Waals surface area (Å²) in [4.78, 5) is 10.8. The van der Waals surface area contributed by atoms with Crippen molar-refractivity contribution in [1.29, 1.82) is 0 Å². The smallest absolute Gasteiger partial charge is 0.191 e. The Morgan fingerprint density at radius 3 is 2.62 bits per heavy atom. The van der Waals surface area contributed by atoms with Gasteiger partial charge in [-0.25, -0.2) is 4.98 Å². The van der Waals surface area contributed by atoms with E-state index in [2.05, 4.69) is 37.6 Å². The van der Waals surface area contributed by atoms with E-state index in [1.54, 1.807) is 20.4 Å². The summed E-state index contributed by atoms with van der Waals surface area (Å²) in [6, 6.07) is 6.42. The largest absolute Gasteiger partial charge is 0.497 e. The summed E-state index contributed by atoms with van der Waals surface area (Å²) in [5, 5.41) is 6.90. The summed E-state index contributed by atoms with van der Waals surface area (Å²) in [6.07, 6.45) is 6.65. The Morgan fingerprint density at radius 1 is 1.24 bits per heavy atom. The zero-order chi connectivity index (χ0) is 19.8. The van der Waals surface area contributed by atoms with Gasteiger partial charge < -0.3 is 24.7 Å². The van der Waals surface area contributed by atoms with Gasteiger partial charge in [-0.05, 0) is 24.1 Å². The molecule has 29 heavy (non-hydrogen) atoms. The molecule has 1 aliphatic heterocycles. The summed E-state index contributed by atoms with van der Waals surface area (Å²) in [7, 11) is 5.17. The number of nitrogens with one attached hydrogen (secondary N) is 2. The maximum absolute atomic E-state index is 5.37. The minimum absolute atomic E-state index is 0. The van der Waals surface area contributed by atoms with Gasteiger partial charge >= 0.3 is 0 Å². The van der Waals surface area contributed by atoms with Crippen LogP contribution in [0.3, 0.4) is 0 Å². The second kappa shape index (κ2) is 11.9. The van der Waals surface area contributed by atoms with E-state index in [1.165, 1.54) is 5.56 Å². The number of guanidine groups is 1. The maximum Gasteiger partial charge on any atom is 0.191 e. The highest BCUT2D eigenvalue weighted by atomic mass is 127. The van der Waals surface area contributed by atoms with Crippen LogP contribution < -0.4 is 20.1 Å². The molecule has 0 bridgehead atoms. The van der Waals surface area contributed by atoms with Crippen LogP contribution in [0.4, 0.5) is 0 Å². The minimum Gasteiger partial charge on any atom is -0.497 e. The summed E-state index contributed by atoms with van der Waals surface area (Å²) in [5.74, 6) is 2.49. The van der Waals surface area contributed by atoms with Crippen molar-refractivity contribution < 1.29 is 9.47 Å². The number of hydrogen-bond acceptors (Lipinski definition) is 5. The van der Waals surface area contributed by atoms with E-state index in [0.717, 1.165) is 56.6 Å². The molecule has 2 heterocycles. The quantitative estimate of drug-likeness (QED) is 0.319. The van der Waals surface area contributed by atoms with E-state index in [1.807, 2.05) is 30.2 Å². The Balaban J connectivity index is 0.00000300. The van der Waals surface area contributed by atoms with Gasteiger partial charge in [-0.2, -0.15) is 0 Å². The van der Waals surface area contributed by atoms with E-state index < -0.39 is 0 Å². The summed E-state index contributed by atoms with van der Waals surface area (Å²) < 4.78 is 12.8. The van der Waals surface area contributed by atoms with Gasteiger partial charge in [0.1, 0.15) is 11.5 Å². The molecule has 160 valence electrons. The average Bonchev–Trinajstić information content (AvgIpc) is 3.39. The standard InChI is InChI=1S/C20H30N6O2.HI/c1-21-20(23-6-9-25-8-5-22-15-25)24-17-4-7-26(14-17)13-16-10-18(27-2)12-19(11-16)28-3;/h5,8,10-12,15,17H,4,6-7,9,13-14H2,1-3H3,(H2,21,23,24);1H. The number of aliphatic imine (C=N–C) groups is 1. The third-order valence-electron chi connectivity index (χ3n) is 4.88. The number of imidazole rings is 1. The number of rotatable bonds is 8. The molecule has 1 aromatic carbocycles. The lowest BCUT2D eigenvalue weighted by atomic mass is 10.2. The lowest BCUT2D eigenvalue weighted by Gasteiger charge is -2.19. The number of methoxy groups -OCH3 is 2. The van der Waals surface area contributed by atoms with Gasteiger partial charge in [0.05, 0.1) is 20.5 Å². The second-order valence-corrected chi connectivity index (χ2v) is 6.89. The van der Waals surface area contributed by atoms with Crippen LogP contribution >= 0.6 is 24.0 Å². The normalized spacial score (nSPS) is 16.9. The number of halogens is 1. The first kappa shape index (κ1) is 23.3. The molecule has 3 rings (SSSR count). The molecule has 1 unspecified atom stereocenters. The highest BCUT2D eigenvalue weighted by molar-refractivity contribution is 14.0. The van der Waals surface area contributed by atoms with Crippen molar-refractivity contribution in [1.82, 2.24) is 25.1 Å². The lowest BCUT2D eigenvalue weighted by molar-refractivity contribution is 0.321. The topological polar surface area (TPSA) is 75.9 Å². The predicted octanol–water partition coefficient (Wildman–Crippen LogP) is 1.96. The van der Waals surface area contributed by atoms with Crippen LogP contribution in [0.25, 0.3) is 0 Å². The van der Waals surface area contributed by atoms with Crippen LogP contribution in [-0.4, -0.2) is 67.4 Å². The first-order chi connectivity index (χ1) is 13.7. The first-order valence-electron chi connectivity index (χ1n) is 9.57. The number of aromatic nitrogens is 2. The zero-order valence-electron chi connectivity index (χ0n) is 17.3. The monoisotopic (exact) mass is 514 g/mol. The number of ether oxygens (including phenoxy) is 2. The summed E-state index contributed by atoms with van der Waals surface area (Å²) >= 11 is 0. The van der Waals surface area contributed by atoms with Crippen molar-refractivity contribution in [2.24, 2.45) is 4.99 Å². The van der Waals surface area contributed by atoms with Gasteiger partial charge in [0.15, 0.2) is 5.96 Å². The number of benzene rings is 1. The Kier molecular flexibility index (Phi) is 9.52. The molecule has 1 atom stereocenters. The Labute approximate surface area is 189 Å². The summed E-state index contributed by atoms with van der Waals surface area (Å²) in [6.45, 7) is 4.55. The van der Waals surface area contributed by atoms with Gasteiger partial charge in [-0.15, -0.1) is 24.0 Å². The molecule has 1 aliphatic rings. The molecule has 8 nitrogen and oxygen atoms in total. The SMILES string of the molecule is CN=C(NCCn1ccnc1)NC1CCN(Cc2cc(OC)cc(OC)c2)C1.I. The van der Waals surface area contributed by atoms with Gasteiger partial charge in [-0.1, -0.05) is 0 Å². The van der Waals surface area contributed by atoms with Crippen molar-refractivity contribution in [2.45, 2.75) is 25.6 Å². The van der Waals surface area contributed by atoms with Crippen molar-refractivity contribution in [3.05, 3.63) is 42.5 Å². The molecule has 1 fully saturated rings. The van der Waals surface area contributed by atoms with E-state index in [-0.39, 0.29) is 24.0 Å². The molecule has 1 saturated heterocycles. The lowest BCUT2D eigenvalue weighted by Crippen LogP contribution is -2.45. The van der Waals surface area contributed by atoms with E-state index in [4.69, 9.17) is 9.47 Å². The molecular formula is C20H31IN6O2. The Morgan fingerprint density at radius 2 is 2.00 bits per heavy atom. The molecule has 1 aromatic heterocycles. The molecule has 2 N–H and O–H groups in total. The molecule has 0 amide bonds. The molecule has 0 aliphatic carbocycles. The number of hydrogen-bond donors (Lipinski definition) is 2. The van der Waals surface area contributed by atoms with Crippen LogP contribution in [0, 0.1) is 0 Å². The van der Waals surface area contributed by atoms with Crippen LogP contribution in [0.1, 0.15) is 12.0 Å². The Hall–Kier alpha value is -2.01. The number of nitrogens with zero attached hydrogens (tertiary/aromatic N) is 4. The van der Waals surface area contributed by atoms with Gasteiger partial charge in [0.2, 0.25) is 0 Å². The van der Waals surface area contributed by atoms with Crippen molar-refractivity contribution >= 4 is 29.9 Å². The predicted molar refractivity (Wildman–Crippen MR) is 125 cm³/mol. The third-order valence-corrected chi connectivity index (χ3v) is 4.88. The van der Waals surface area contributed by atoms with Crippen LogP contribution in [0.2, 0.25) is 0 Å². The van der Waals surface area contributed by atoms with Crippen molar-refractivity contribution in [3.63, 3.8) is 0 Å². The van der Waals surface area contributed by atoms with E-state index in [0.29, 0.717) is 6.04 Å². The molecular weight excluding hydrogens is 483 g/mol. The average molecular weight is 514 g/mol. The van der Waals surface area contributed by atoms with Gasteiger partial charge in [0, 0.05) is 64.3 Å². The highest BCUT2D eigenvalue weighted by Crippen LogP contribution is 2.24. The maximum atomic E-state index is 5.37. The molecule has 0 radical (unpaired) electrons. The van der Waals surface area contributed by atoms with Crippen molar-refractivity contribution in [2.75, 3.05) is 40.9 Å². The second-order valence-electron chi connectivity index (χ2n) is 6.89. The fourth-order valence-electron chi connectivity index (χ4n) is 3.42. The first-order valence-corrected chi connectivity index (χ1v) is 9.57. The fourth-order valence-corrected chi connectivity index (χ4v) is 3.42. The molecule has 0 spiro atoms. The molecule has 9 heteroatoms. The van der Waals surface area contributed by atoms with Crippen LogP contribution in [0.15, 0.2) is 41.9 Å². The highest BCUT2D eigenvalue weighted by Gasteiger charge is 2.23. The van der Waals surface area contributed by atoms with Crippen LogP contribution in [0.5, 0.6) is 11.5 Å². The van der Waals surface area contributed by atoms with E-state index >= 15 is 0 Å². The van der Waals surface area contributed by atoms with E-state index in [9.17, 15) is 0 Å². The fraction of sp³-hybridized carbons (Fsp3) is 0.500. The van der Waals surface area contributed by atoms with Gasteiger partial charge in [-0.3, -0.25) is 9.89 Å². The Bertz CT molecular complexity index is 746. The van der Waals surface area contributed by atoms with Crippen molar-refractivity contribution in [3.8, 4) is 11.5 Å². The molecule has 2 aromatic rings. The van der Waals surface area contributed by atoms with Gasteiger partial charge in [0.25, 0.3) is 0 Å². The number of likely N-dealkylation sites (tertiary alicyclic amines) is 1. The van der Waals surface area contributed by atoms with Crippen LogP contribution in [-0.2, 0) is 13.1 Å². The minimum atomic E-state index is 0. The third kappa shape index (κ3) is 7.07. The summed E-state index contributed by atoms with van der Waals surface area (Å²) in [5.41, 5.74) is 1.19. The zero-order valence-corrected chi connectivity index (χ0v) is 19.6.